The molecule has 1 unspecified atom stereocenters. The highest BCUT2D eigenvalue weighted by atomic mass is 16.2. The van der Waals surface area contributed by atoms with Gasteiger partial charge in [0.15, 0.2) is 0 Å². The zero-order valence-electron chi connectivity index (χ0n) is 12.1. The maximum Gasteiger partial charge on any atom is 0.242 e. The van der Waals surface area contributed by atoms with Crippen molar-refractivity contribution in [3.05, 3.63) is 18.3 Å². The van der Waals surface area contributed by atoms with E-state index in [-0.39, 0.29) is 5.91 Å². The SMILES string of the molecule is CCCC(N)C(=O)Nc1ccc(N2CCCCC2)cn1. The van der Waals surface area contributed by atoms with Crippen molar-refractivity contribution in [3.63, 3.8) is 0 Å². The Kier molecular flexibility index (Phi) is 5.35. The molecule has 5 nitrogen and oxygen atoms in total. The fourth-order valence-corrected chi connectivity index (χ4v) is 2.46. The second-order valence-electron chi connectivity index (χ2n) is 5.33. The largest absolute Gasteiger partial charge is 0.370 e. The molecule has 0 radical (unpaired) electrons. The van der Waals surface area contributed by atoms with E-state index in [1.165, 1.54) is 19.3 Å². The summed E-state index contributed by atoms with van der Waals surface area (Å²) in [6.45, 7) is 4.20. The molecule has 0 spiro atoms. The number of nitrogens with one attached hydrogen (secondary N) is 1. The van der Waals surface area contributed by atoms with Crippen molar-refractivity contribution in [2.24, 2.45) is 5.73 Å². The Hall–Kier alpha value is -1.62. The van der Waals surface area contributed by atoms with Crippen molar-refractivity contribution in [2.75, 3.05) is 23.3 Å². The van der Waals surface area contributed by atoms with Gasteiger partial charge >= 0.3 is 0 Å². The monoisotopic (exact) mass is 276 g/mol. The second-order valence-corrected chi connectivity index (χ2v) is 5.33. The predicted molar refractivity (Wildman–Crippen MR) is 81.8 cm³/mol. The molecule has 20 heavy (non-hydrogen) atoms. The summed E-state index contributed by atoms with van der Waals surface area (Å²) in [5, 5.41) is 2.76. The molecule has 1 saturated heterocycles. The molecule has 1 amide bonds. The Morgan fingerprint density at radius 3 is 2.75 bits per heavy atom. The normalized spacial score (nSPS) is 16.8. The summed E-state index contributed by atoms with van der Waals surface area (Å²) in [4.78, 5) is 18.4. The first-order chi connectivity index (χ1) is 9.70. The lowest BCUT2D eigenvalue weighted by Crippen LogP contribution is -2.35. The summed E-state index contributed by atoms with van der Waals surface area (Å²) < 4.78 is 0. The first-order valence-electron chi connectivity index (χ1n) is 7.48. The molecule has 5 heteroatoms. The number of amides is 1. The predicted octanol–water partition coefficient (Wildman–Crippen LogP) is 2.14. The quantitative estimate of drug-likeness (QED) is 0.864. The molecule has 1 aliphatic heterocycles. The van der Waals surface area contributed by atoms with E-state index in [9.17, 15) is 4.79 Å². The van der Waals surface area contributed by atoms with Crippen LogP contribution in [0, 0.1) is 0 Å². The smallest absolute Gasteiger partial charge is 0.242 e. The summed E-state index contributed by atoms with van der Waals surface area (Å²) in [6.07, 6.45) is 7.21. The Labute approximate surface area is 120 Å². The standard InChI is InChI=1S/C15H24N4O/c1-2-6-13(16)15(20)18-14-8-7-12(11-17-14)19-9-4-3-5-10-19/h7-8,11,13H,2-6,9-10,16H2,1H3,(H,17,18,20). The lowest BCUT2D eigenvalue weighted by atomic mass is 10.1. The highest BCUT2D eigenvalue weighted by molar-refractivity contribution is 5.93. The Morgan fingerprint density at radius 1 is 1.40 bits per heavy atom. The number of carbonyl (C=O) groups is 1. The summed E-state index contributed by atoms with van der Waals surface area (Å²) in [6, 6.07) is 3.41. The van der Waals surface area contributed by atoms with Gasteiger partial charge in [-0.05, 0) is 37.8 Å². The molecule has 0 aliphatic carbocycles. The van der Waals surface area contributed by atoms with E-state index in [0.29, 0.717) is 12.2 Å². The summed E-state index contributed by atoms with van der Waals surface area (Å²) in [7, 11) is 0. The number of nitrogens with two attached hydrogens (primary N) is 1. The van der Waals surface area contributed by atoms with Gasteiger partial charge in [-0.15, -0.1) is 0 Å². The minimum atomic E-state index is -0.455. The van der Waals surface area contributed by atoms with Crippen molar-refractivity contribution in [1.82, 2.24) is 4.98 Å². The van der Waals surface area contributed by atoms with Gasteiger partial charge in [0.05, 0.1) is 17.9 Å². The molecule has 1 aromatic heterocycles. The van der Waals surface area contributed by atoms with E-state index in [1.807, 2.05) is 25.3 Å². The van der Waals surface area contributed by atoms with Gasteiger partial charge in [-0.25, -0.2) is 4.98 Å². The molecule has 0 aromatic carbocycles. The number of hydrogen-bond donors (Lipinski definition) is 2. The Bertz CT molecular complexity index is 426. The number of nitrogens with zero attached hydrogens (tertiary/aromatic N) is 2. The average Bonchev–Trinajstić information content (AvgIpc) is 2.49. The third-order valence-corrected chi connectivity index (χ3v) is 3.66. The Morgan fingerprint density at radius 2 is 2.15 bits per heavy atom. The molecular weight excluding hydrogens is 252 g/mol. The average molecular weight is 276 g/mol. The molecule has 0 saturated carbocycles. The van der Waals surface area contributed by atoms with Crippen LogP contribution in [0.4, 0.5) is 11.5 Å². The van der Waals surface area contributed by atoms with Crippen LogP contribution in [-0.2, 0) is 4.79 Å². The molecule has 2 heterocycles. The minimum Gasteiger partial charge on any atom is -0.370 e. The van der Waals surface area contributed by atoms with Crippen LogP contribution in [0.15, 0.2) is 18.3 Å². The maximum absolute atomic E-state index is 11.8. The highest BCUT2D eigenvalue weighted by Gasteiger charge is 2.14. The van der Waals surface area contributed by atoms with Gasteiger partial charge in [0.1, 0.15) is 5.82 Å². The number of pyridine rings is 1. The third-order valence-electron chi connectivity index (χ3n) is 3.66. The summed E-state index contributed by atoms with van der Waals surface area (Å²) >= 11 is 0. The molecule has 1 aliphatic rings. The molecule has 1 fully saturated rings. The summed E-state index contributed by atoms with van der Waals surface area (Å²) in [5.74, 6) is 0.410. The van der Waals surface area contributed by atoms with Crippen molar-refractivity contribution < 1.29 is 4.79 Å². The molecule has 3 N–H and O–H groups in total. The van der Waals surface area contributed by atoms with E-state index in [1.54, 1.807) is 0 Å². The molecule has 110 valence electrons. The van der Waals surface area contributed by atoms with Crippen molar-refractivity contribution in [3.8, 4) is 0 Å². The van der Waals surface area contributed by atoms with Gasteiger partial charge in [0.2, 0.25) is 5.91 Å². The fourth-order valence-electron chi connectivity index (χ4n) is 2.46. The molecule has 1 aromatic rings. The van der Waals surface area contributed by atoms with E-state index in [2.05, 4.69) is 15.2 Å². The molecule has 2 rings (SSSR count). The first-order valence-corrected chi connectivity index (χ1v) is 7.48. The van der Waals surface area contributed by atoms with E-state index in [0.717, 1.165) is 25.2 Å². The van der Waals surface area contributed by atoms with Gasteiger partial charge in [-0.1, -0.05) is 13.3 Å². The molecule has 0 bridgehead atoms. The minimum absolute atomic E-state index is 0.162. The second kappa shape index (κ2) is 7.24. The van der Waals surface area contributed by atoms with Crippen LogP contribution in [0.3, 0.4) is 0 Å². The van der Waals surface area contributed by atoms with Crippen LogP contribution in [0.2, 0.25) is 0 Å². The number of carbonyl (C=O) groups excluding carboxylic acids is 1. The number of hydrogen-bond acceptors (Lipinski definition) is 4. The van der Waals surface area contributed by atoms with E-state index < -0.39 is 6.04 Å². The lowest BCUT2D eigenvalue weighted by molar-refractivity contribution is -0.117. The van der Waals surface area contributed by atoms with Crippen molar-refractivity contribution in [2.45, 2.75) is 45.1 Å². The van der Waals surface area contributed by atoms with Crippen LogP contribution >= 0.6 is 0 Å². The maximum atomic E-state index is 11.8. The van der Waals surface area contributed by atoms with Crippen LogP contribution < -0.4 is 16.0 Å². The fraction of sp³-hybridized carbons (Fsp3) is 0.600. The third kappa shape index (κ3) is 3.93. The van der Waals surface area contributed by atoms with Gasteiger partial charge in [-0.2, -0.15) is 0 Å². The number of piperidine rings is 1. The van der Waals surface area contributed by atoms with E-state index >= 15 is 0 Å². The van der Waals surface area contributed by atoms with Crippen molar-refractivity contribution >= 4 is 17.4 Å². The van der Waals surface area contributed by atoms with E-state index in [4.69, 9.17) is 5.73 Å². The summed E-state index contributed by atoms with van der Waals surface area (Å²) in [5.41, 5.74) is 6.90. The highest BCUT2D eigenvalue weighted by Crippen LogP contribution is 2.19. The number of rotatable bonds is 5. The zero-order valence-corrected chi connectivity index (χ0v) is 12.1. The first kappa shape index (κ1) is 14.8. The number of aromatic nitrogens is 1. The molecular formula is C15H24N4O. The van der Waals surface area contributed by atoms with Gasteiger partial charge in [0.25, 0.3) is 0 Å². The van der Waals surface area contributed by atoms with Gasteiger partial charge in [0, 0.05) is 13.1 Å². The molecule has 1 atom stereocenters. The topological polar surface area (TPSA) is 71.2 Å². The van der Waals surface area contributed by atoms with Crippen LogP contribution in [0.5, 0.6) is 0 Å². The van der Waals surface area contributed by atoms with Crippen LogP contribution in [-0.4, -0.2) is 30.0 Å². The van der Waals surface area contributed by atoms with Crippen molar-refractivity contribution in [1.29, 1.82) is 0 Å². The van der Waals surface area contributed by atoms with Gasteiger partial charge < -0.3 is 16.0 Å². The number of anilines is 2. The lowest BCUT2D eigenvalue weighted by Gasteiger charge is -2.28. The van der Waals surface area contributed by atoms with Gasteiger partial charge in [-0.3, -0.25) is 4.79 Å². The van der Waals surface area contributed by atoms with Crippen LogP contribution in [0.25, 0.3) is 0 Å². The van der Waals surface area contributed by atoms with Crippen LogP contribution in [0.1, 0.15) is 39.0 Å². The Balaban J connectivity index is 1.92. The zero-order chi connectivity index (χ0) is 14.4.